The predicted molar refractivity (Wildman–Crippen MR) is 93.1 cm³/mol. The van der Waals surface area contributed by atoms with E-state index in [2.05, 4.69) is 72.9 Å². The molecule has 0 saturated carbocycles. The predicted octanol–water partition coefficient (Wildman–Crippen LogP) is 5.14. The van der Waals surface area contributed by atoms with Crippen LogP contribution in [0.3, 0.4) is 0 Å². The van der Waals surface area contributed by atoms with E-state index in [1.165, 1.54) is 25.7 Å². The molecule has 1 heteroatoms. The summed E-state index contributed by atoms with van der Waals surface area (Å²) in [7, 11) is 0. The van der Waals surface area contributed by atoms with Crippen LogP contribution in [0.15, 0.2) is 87.3 Å². The van der Waals surface area contributed by atoms with Crippen molar-refractivity contribution in [3.63, 3.8) is 0 Å². The topological polar surface area (TPSA) is 0 Å². The van der Waals surface area contributed by atoms with Crippen molar-refractivity contribution < 1.29 is 0 Å². The van der Waals surface area contributed by atoms with Gasteiger partial charge in [0.2, 0.25) is 0 Å². The fourth-order valence-corrected chi connectivity index (χ4v) is 20.0. The number of hydrogen-bond acceptors (Lipinski definition) is 0. The molecule has 0 unspecified atom stereocenters. The Labute approximate surface area is 131 Å². The van der Waals surface area contributed by atoms with E-state index in [1.54, 1.807) is 14.4 Å². The van der Waals surface area contributed by atoms with Crippen LogP contribution in [0.4, 0.5) is 0 Å². The van der Waals surface area contributed by atoms with Crippen LogP contribution < -0.4 is 0 Å². The van der Waals surface area contributed by atoms with Gasteiger partial charge < -0.3 is 0 Å². The van der Waals surface area contributed by atoms with E-state index in [4.69, 9.17) is 0 Å². The van der Waals surface area contributed by atoms with Crippen LogP contribution in [-0.4, -0.2) is 18.4 Å². The third-order valence-corrected chi connectivity index (χ3v) is 20.2. The average Bonchev–Trinajstić information content (AvgIpc) is 3.32. The first-order chi connectivity index (χ1) is 10.4. The molecule has 4 aliphatic carbocycles. The Kier molecular flexibility index (Phi) is 3.50. The molecule has 0 saturated heterocycles. The second-order valence-electron chi connectivity index (χ2n) is 6.05. The Balaban J connectivity index is 1.90. The molecule has 0 heterocycles. The maximum atomic E-state index is 2.44. The number of hydrogen-bond donors (Lipinski definition) is 0. The molecule has 0 N–H and O–H groups in total. The molecule has 4 rings (SSSR count). The fraction of sp³-hybridized carbons (Fsp3) is 0.200. The van der Waals surface area contributed by atoms with Crippen LogP contribution in [0.1, 0.15) is 25.7 Å². The first-order valence-electron chi connectivity index (χ1n) is 7.87. The van der Waals surface area contributed by atoms with Gasteiger partial charge in [-0.15, -0.1) is 0 Å². The minimum atomic E-state index is -2.83. The Bertz CT molecular complexity index is 577. The molecule has 0 radical (unpaired) electrons. The summed E-state index contributed by atoms with van der Waals surface area (Å²) in [6.07, 6.45) is 32.9. The number of rotatable bonds is 4. The van der Waals surface area contributed by atoms with Gasteiger partial charge in [-0.25, -0.2) is 0 Å². The van der Waals surface area contributed by atoms with Crippen LogP contribution >= 0.6 is 0 Å². The van der Waals surface area contributed by atoms with Gasteiger partial charge in [0.1, 0.15) is 0 Å². The van der Waals surface area contributed by atoms with E-state index in [0.29, 0.717) is 0 Å². The molecule has 0 aromatic heterocycles. The Morgan fingerprint density at radius 2 is 0.762 bits per heavy atom. The van der Waals surface area contributed by atoms with Crippen LogP contribution in [0.25, 0.3) is 0 Å². The summed E-state index contributed by atoms with van der Waals surface area (Å²) in [5, 5.41) is 0. The summed E-state index contributed by atoms with van der Waals surface area (Å²) < 4.78 is 7.02. The van der Waals surface area contributed by atoms with Crippen LogP contribution in [-0.2, 0) is 0 Å². The summed E-state index contributed by atoms with van der Waals surface area (Å²) in [6, 6.07) is 0. The van der Waals surface area contributed by atoms with E-state index in [0.717, 1.165) is 0 Å². The molecular formula is C20H20Sn. The van der Waals surface area contributed by atoms with Crippen molar-refractivity contribution in [1.82, 2.24) is 0 Å². The molecular weight excluding hydrogens is 359 g/mol. The first-order valence-corrected chi connectivity index (χ1v) is 13.6. The van der Waals surface area contributed by atoms with Crippen molar-refractivity contribution in [3.8, 4) is 0 Å². The van der Waals surface area contributed by atoms with Crippen molar-refractivity contribution in [2.24, 2.45) is 0 Å². The van der Waals surface area contributed by atoms with Crippen LogP contribution in [0.5, 0.6) is 0 Å². The van der Waals surface area contributed by atoms with Gasteiger partial charge in [0.05, 0.1) is 0 Å². The Morgan fingerprint density at radius 1 is 0.476 bits per heavy atom. The summed E-state index contributed by atoms with van der Waals surface area (Å²) in [4.78, 5) is 0. The van der Waals surface area contributed by atoms with Gasteiger partial charge in [0.15, 0.2) is 0 Å². The zero-order chi connectivity index (χ0) is 14.1. The second-order valence-corrected chi connectivity index (χ2v) is 17.7. The molecule has 0 spiro atoms. The van der Waals surface area contributed by atoms with Gasteiger partial charge in [0, 0.05) is 0 Å². The molecule has 0 atom stereocenters. The molecule has 0 aromatic carbocycles. The third-order valence-electron chi connectivity index (χ3n) is 5.01. The van der Waals surface area contributed by atoms with Crippen molar-refractivity contribution in [1.29, 1.82) is 0 Å². The summed E-state index contributed by atoms with van der Waals surface area (Å²) in [5.41, 5.74) is 0. The molecule has 21 heavy (non-hydrogen) atoms. The molecule has 0 amide bonds. The summed E-state index contributed by atoms with van der Waals surface area (Å²) in [6.45, 7) is 0. The van der Waals surface area contributed by atoms with Crippen molar-refractivity contribution in [3.05, 3.63) is 87.3 Å². The van der Waals surface area contributed by atoms with Gasteiger partial charge in [-0.1, -0.05) is 0 Å². The third kappa shape index (κ3) is 2.03. The van der Waals surface area contributed by atoms with E-state index in [9.17, 15) is 0 Å². The summed E-state index contributed by atoms with van der Waals surface area (Å²) >= 11 is -2.83. The molecule has 104 valence electrons. The van der Waals surface area contributed by atoms with Crippen molar-refractivity contribution >= 4 is 18.4 Å². The van der Waals surface area contributed by atoms with Gasteiger partial charge in [-0.05, 0) is 0 Å². The molecule has 0 fully saturated rings. The number of allylic oxidation sites excluding steroid dienone is 16. The van der Waals surface area contributed by atoms with E-state index in [-0.39, 0.29) is 0 Å². The minimum absolute atomic E-state index is 1.17. The summed E-state index contributed by atoms with van der Waals surface area (Å²) in [5.74, 6) is 0. The first kappa shape index (κ1) is 13.4. The van der Waals surface area contributed by atoms with Gasteiger partial charge in [-0.3, -0.25) is 0 Å². The maximum absolute atomic E-state index is 2.83. The monoisotopic (exact) mass is 380 g/mol. The standard InChI is InChI=1S/4C5H5.Sn/c4*1-2-4-5-3-1;/h4*1-3H,4H2;. The average molecular weight is 379 g/mol. The molecule has 0 aromatic rings. The zero-order valence-electron chi connectivity index (χ0n) is 12.3. The van der Waals surface area contributed by atoms with E-state index >= 15 is 0 Å². The van der Waals surface area contributed by atoms with E-state index in [1.807, 2.05) is 0 Å². The van der Waals surface area contributed by atoms with Crippen molar-refractivity contribution in [2.75, 3.05) is 0 Å². The van der Waals surface area contributed by atoms with Crippen LogP contribution in [0.2, 0.25) is 0 Å². The van der Waals surface area contributed by atoms with E-state index < -0.39 is 18.4 Å². The fourth-order valence-electron chi connectivity index (χ4n) is 4.14. The second kappa shape index (κ2) is 5.49. The molecule has 4 aliphatic rings. The van der Waals surface area contributed by atoms with Crippen molar-refractivity contribution in [2.45, 2.75) is 25.7 Å². The Morgan fingerprint density at radius 3 is 0.952 bits per heavy atom. The molecule has 0 bridgehead atoms. The van der Waals surface area contributed by atoms with Gasteiger partial charge in [-0.2, -0.15) is 0 Å². The molecule has 0 nitrogen and oxygen atoms in total. The quantitative estimate of drug-likeness (QED) is 0.594. The Hall–Kier alpha value is -1.28. The SMILES string of the molecule is C1=CC[C]([Sn]([C]2=CC=CC2)([C]2=CC=CC2)[C]2=CC=CC2)=C1. The molecule has 0 aliphatic heterocycles. The normalized spacial score (nSPS) is 22.9. The van der Waals surface area contributed by atoms with Gasteiger partial charge >= 0.3 is 131 Å². The zero-order valence-corrected chi connectivity index (χ0v) is 15.1. The van der Waals surface area contributed by atoms with Gasteiger partial charge in [0.25, 0.3) is 0 Å². The van der Waals surface area contributed by atoms with Crippen LogP contribution in [0, 0.1) is 0 Å².